The second kappa shape index (κ2) is 13.7. The van der Waals surface area contributed by atoms with Crippen molar-refractivity contribution in [1.29, 1.82) is 0 Å². The van der Waals surface area contributed by atoms with Crippen LogP contribution >= 0.6 is 0 Å². The summed E-state index contributed by atoms with van der Waals surface area (Å²) in [7, 11) is 0. The molecule has 1 aliphatic carbocycles. The Morgan fingerprint density at radius 2 is 0.774 bits per heavy atom. The van der Waals surface area contributed by atoms with Crippen molar-refractivity contribution in [3.63, 3.8) is 0 Å². The van der Waals surface area contributed by atoms with Crippen molar-refractivity contribution in [3.05, 3.63) is 229 Å². The average Bonchev–Trinajstić information content (AvgIpc) is 3.88. The van der Waals surface area contributed by atoms with Gasteiger partial charge in [-0.05, 0) is 100.0 Å². The van der Waals surface area contributed by atoms with E-state index in [2.05, 4.69) is 209 Å². The van der Waals surface area contributed by atoms with Crippen LogP contribution in [0.3, 0.4) is 0 Å². The van der Waals surface area contributed by atoms with Crippen LogP contribution in [-0.4, -0.2) is 19.1 Å². The van der Waals surface area contributed by atoms with Crippen LogP contribution in [0.5, 0.6) is 0 Å². The van der Waals surface area contributed by atoms with Gasteiger partial charge in [0.1, 0.15) is 6.33 Å². The molecule has 0 atom stereocenters. The molecule has 13 rings (SSSR count). The smallest absolute Gasteiger partial charge is 0.116 e. The number of para-hydroxylation sites is 3. The Morgan fingerprint density at radius 3 is 1.32 bits per heavy atom. The molecule has 3 aromatic heterocycles. The van der Waals surface area contributed by atoms with E-state index in [-0.39, 0.29) is 0 Å². The normalized spacial score (nSPS) is 12.4. The predicted molar refractivity (Wildman–Crippen MR) is 257 cm³/mol. The van der Waals surface area contributed by atoms with Gasteiger partial charge >= 0.3 is 0 Å². The molecule has 0 amide bonds. The molecule has 9 aromatic carbocycles. The standard InChI is InChI=1S/C58H38N4/c1-4-17-37(18-5-1)55-52(56(60-36-59-55)38-19-6-2-7-20-38)41-23-16-26-45(33-41)62-51-30-15-13-28-47(51)54-49-35-43-32-40-22-11-10-21-39(40)31-42(43)34-48(49)53-46-27-12-14-29-50(46)61(57(53)58(54)62)44-24-8-3-9-25-44/h1-30,33-36H,31-32H2. The number of nitrogens with zero attached hydrogens (tertiary/aromatic N) is 4. The minimum Gasteiger partial charge on any atom is -0.307 e. The van der Waals surface area contributed by atoms with E-state index in [1.54, 1.807) is 6.33 Å². The van der Waals surface area contributed by atoms with Gasteiger partial charge in [0.05, 0.1) is 33.5 Å². The monoisotopic (exact) mass is 790 g/mol. The summed E-state index contributed by atoms with van der Waals surface area (Å²) in [4.78, 5) is 9.95. The Bertz CT molecular complexity index is 3670. The molecule has 0 radical (unpaired) electrons. The number of fused-ring (bicyclic) bond motifs is 12. The van der Waals surface area contributed by atoms with Gasteiger partial charge in [-0.1, -0.05) is 152 Å². The Labute approximate surface area is 358 Å². The van der Waals surface area contributed by atoms with Gasteiger partial charge in [-0.3, -0.25) is 0 Å². The lowest BCUT2D eigenvalue weighted by atomic mass is 9.83. The van der Waals surface area contributed by atoms with Crippen LogP contribution in [-0.2, 0) is 12.8 Å². The first-order valence-electron chi connectivity index (χ1n) is 21.4. The summed E-state index contributed by atoms with van der Waals surface area (Å²) in [6.45, 7) is 0. The molecule has 290 valence electrons. The van der Waals surface area contributed by atoms with Crippen LogP contribution in [0.25, 0.3) is 99.4 Å². The maximum absolute atomic E-state index is 4.98. The van der Waals surface area contributed by atoms with Gasteiger partial charge in [0.2, 0.25) is 0 Å². The van der Waals surface area contributed by atoms with Crippen LogP contribution in [0.1, 0.15) is 22.3 Å². The minimum atomic E-state index is 0.905. The molecule has 0 fully saturated rings. The number of hydrogen-bond acceptors (Lipinski definition) is 2. The number of rotatable bonds is 5. The molecule has 4 heteroatoms. The Hall–Kier alpha value is -8.08. The van der Waals surface area contributed by atoms with E-state index in [4.69, 9.17) is 9.97 Å². The average molecular weight is 791 g/mol. The fraction of sp³-hybridized carbons (Fsp3) is 0.0345. The van der Waals surface area contributed by atoms with Crippen molar-refractivity contribution in [3.8, 4) is 45.0 Å². The minimum absolute atomic E-state index is 0.905. The van der Waals surface area contributed by atoms with E-state index in [0.717, 1.165) is 63.4 Å². The maximum Gasteiger partial charge on any atom is 0.116 e. The van der Waals surface area contributed by atoms with Gasteiger partial charge in [-0.2, -0.15) is 0 Å². The second-order valence-corrected chi connectivity index (χ2v) is 16.5. The van der Waals surface area contributed by atoms with Crippen molar-refractivity contribution in [2.24, 2.45) is 0 Å². The highest BCUT2D eigenvalue weighted by atomic mass is 15.0. The van der Waals surface area contributed by atoms with E-state index in [0.29, 0.717) is 0 Å². The zero-order valence-electron chi connectivity index (χ0n) is 33.8. The molecular weight excluding hydrogens is 753 g/mol. The zero-order valence-corrected chi connectivity index (χ0v) is 33.8. The highest BCUT2D eigenvalue weighted by Crippen LogP contribution is 2.48. The van der Waals surface area contributed by atoms with Crippen LogP contribution in [0.2, 0.25) is 0 Å². The molecule has 0 unspecified atom stereocenters. The molecule has 0 saturated heterocycles. The topological polar surface area (TPSA) is 35.6 Å². The molecule has 0 spiro atoms. The van der Waals surface area contributed by atoms with E-state index in [1.807, 2.05) is 0 Å². The van der Waals surface area contributed by atoms with Gasteiger partial charge in [-0.25, -0.2) is 9.97 Å². The molecule has 0 aliphatic heterocycles. The van der Waals surface area contributed by atoms with E-state index in [9.17, 15) is 0 Å². The maximum atomic E-state index is 4.98. The lowest BCUT2D eigenvalue weighted by Crippen LogP contribution is -2.07. The number of hydrogen-bond donors (Lipinski definition) is 0. The first-order valence-corrected chi connectivity index (χ1v) is 21.4. The van der Waals surface area contributed by atoms with Crippen LogP contribution in [0.15, 0.2) is 207 Å². The third-order valence-corrected chi connectivity index (χ3v) is 13.1. The Kier molecular flexibility index (Phi) is 7.70. The summed E-state index contributed by atoms with van der Waals surface area (Å²) < 4.78 is 5.03. The molecule has 0 N–H and O–H groups in total. The molecular formula is C58H38N4. The Morgan fingerprint density at radius 1 is 0.339 bits per heavy atom. The number of aromatic nitrogens is 4. The SMILES string of the molecule is c1ccc(-c2ncnc(-c3ccccc3)c2-c2cccc(-n3c4ccccc4c4c5cc6c(cc5c5c7ccccc7n(-c7ccccc7)c5c43)Cc3ccccc3C6)c2)cc1. The predicted octanol–water partition coefficient (Wildman–Crippen LogP) is 14.3. The molecule has 62 heavy (non-hydrogen) atoms. The van der Waals surface area contributed by atoms with Crippen molar-refractivity contribution in [2.45, 2.75) is 12.8 Å². The van der Waals surface area contributed by atoms with Crippen molar-refractivity contribution < 1.29 is 0 Å². The lowest BCUT2D eigenvalue weighted by molar-refractivity contribution is 1.01. The van der Waals surface area contributed by atoms with Crippen molar-refractivity contribution in [1.82, 2.24) is 19.1 Å². The van der Waals surface area contributed by atoms with Crippen LogP contribution in [0.4, 0.5) is 0 Å². The van der Waals surface area contributed by atoms with Gasteiger partial charge in [0.15, 0.2) is 0 Å². The van der Waals surface area contributed by atoms with Gasteiger partial charge in [0.25, 0.3) is 0 Å². The highest BCUT2D eigenvalue weighted by Gasteiger charge is 2.27. The van der Waals surface area contributed by atoms with Gasteiger partial charge in [0, 0.05) is 49.6 Å². The lowest BCUT2D eigenvalue weighted by Gasteiger charge is -2.21. The van der Waals surface area contributed by atoms with Crippen molar-refractivity contribution in [2.75, 3.05) is 0 Å². The van der Waals surface area contributed by atoms with Gasteiger partial charge in [-0.15, -0.1) is 0 Å². The van der Waals surface area contributed by atoms with Crippen LogP contribution < -0.4 is 0 Å². The largest absolute Gasteiger partial charge is 0.307 e. The van der Waals surface area contributed by atoms with E-state index < -0.39 is 0 Å². The zero-order chi connectivity index (χ0) is 40.7. The fourth-order valence-corrected chi connectivity index (χ4v) is 10.4. The molecule has 1 aliphatic rings. The van der Waals surface area contributed by atoms with E-state index in [1.165, 1.54) is 71.1 Å². The van der Waals surface area contributed by atoms with Crippen LogP contribution in [0, 0.1) is 0 Å². The quantitative estimate of drug-likeness (QED) is 0.174. The highest BCUT2D eigenvalue weighted by molar-refractivity contribution is 6.36. The molecule has 0 saturated carbocycles. The number of benzene rings is 9. The third-order valence-electron chi connectivity index (χ3n) is 13.1. The fourth-order valence-electron chi connectivity index (χ4n) is 10.4. The first kappa shape index (κ1) is 34.8. The first-order chi connectivity index (χ1) is 30.8. The summed E-state index contributed by atoms with van der Waals surface area (Å²) in [5.74, 6) is 0. The summed E-state index contributed by atoms with van der Waals surface area (Å²) in [6, 6.07) is 72.9. The molecule has 4 nitrogen and oxygen atoms in total. The van der Waals surface area contributed by atoms with Gasteiger partial charge < -0.3 is 9.13 Å². The Balaban J connectivity index is 1.18. The summed E-state index contributed by atoms with van der Waals surface area (Å²) in [5, 5.41) is 7.63. The molecule has 3 heterocycles. The summed E-state index contributed by atoms with van der Waals surface area (Å²) in [5.41, 5.74) is 18.6. The molecule has 0 bridgehead atoms. The summed E-state index contributed by atoms with van der Waals surface area (Å²) in [6.07, 6.45) is 3.57. The summed E-state index contributed by atoms with van der Waals surface area (Å²) >= 11 is 0. The second-order valence-electron chi connectivity index (χ2n) is 16.5. The third kappa shape index (κ3) is 5.20. The van der Waals surface area contributed by atoms with E-state index >= 15 is 0 Å². The van der Waals surface area contributed by atoms with Crippen molar-refractivity contribution >= 4 is 54.4 Å². The molecule has 12 aromatic rings.